The molecule has 0 atom stereocenters. The van der Waals surface area contributed by atoms with Gasteiger partial charge in [-0.25, -0.2) is 4.98 Å². The lowest BCUT2D eigenvalue weighted by molar-refractivity contribution is -0.131. The molecule has 0 aliphatic carbocycles. The average molecular weight is 421 g/mol. The zero-order valence-electron chi connectivity index (χ0n) is 18.3. The molecule has 4 rings (SSSR count). The summed E-state index contributed by atoms with van der Waals surface area (Å²) in [5, 5.41) is 11.6. The summed E-state index contributed by atoms with van der Waals surface area (Å²) in [6.07, 6.45) is 4.16. The quantitative estimate of drug-likeness (QED) is 0.653. The molecule has 1 aliphatic rings. The van der Waals surface area contributed by atoms with Crippen molar-refractivity contribution in [2.24, 2.45) is 0 Å². The van der Waals surface area contributed by atoms with Gasteiger partial charge in [0.25, 0.3) is 5.89 Å². The summed E-state index contributed by atoms with van der Waals surface area (Å²) in [6, 6.07) is 8.03. The van der Waals surface area contributed by atoms with E-state index in [0.717, 1.165) is 49.4 Å². The number of hydrogen-bond acceptors (Lipinski definition) is 7. The van der Waals surface area contributed by atoms with Crippen LogP contribution in [0.4, 0.5) is 0 Å². The first kappa shape index (κ1) is 21.1. The molecule has 0 radical (unpaired) electrons. The van der Waals surface area contributed by atoms with Gasteiger partial charge >= 0.3 is 0 Å². The molecule has 3 aromatic rings. The molecule has 1 aromatic carbocycles. The Morgan fingerprint density at radius 1 is 1.16 bits per heavy atom. The van der Waals surface area contributed by atoms with Gasteiger partial charge in [-0.05, 0) is 44.5 Å². The Kier molecular flexibility index (Phi) is 6.36. The summed E-state index contributed by atoms with van der Waals surface area (Å²) in [6.45, 7) is 6.13. The van der Waals surface area contributed by atoms with Crippen LogP contribution in [-0.4, -0.2) is 51.1 Å². The maximum atomic E-state index is 11.9. The van der Waals surface area contributed by atoms with E-state index in [4.69, 9.17) is 9.40 Å². The van der Waals surface area contributed by atoms with Crippen molar-refractivity contribution in [3.05, 3.63) is 47.4 Å². The summed E-state index contributed by atoms with van der Waals surface area (Å²) in [7, 11) is 1.92. The molecule has 162 valence electrons. The predicted octanol–water partition coefficient (Wildman–Crippen LogP) is 3.34. The molecule has 1 N–H and O–H groups in total. The molecule has 2 aromatic heterocycles. The van der Waals surface area contributed by atoms with Gasteiger partial charge in [0.1, 0.15) is 5.69 Å². The van der Waals surface area contributed by atoms with Crippen LogP contribution in [0.2, 0.25) is 0 Å². The standard InChI is InChI=1S/C23H28N6O2/c1-4-20(30)29-11-9-17(10-12-29)19-14-25-15(2)21(26-19)23-28-27-22(31-23)18-7-5-16(6-8-18)13-24-3/h5-8,14,17,24H,4,9-13H2,1-3H3. The molecule has 0 spiro atoms. The number of aryl methyl sites for hydroxylation is 1. The highest BCUT2D eigenvalue weighted by molar-refractivity contribution is 5.75. The van der Waals surface area contributed by atoms with Gasteiger partial charge < -0.3 is 14.6 Å². The molecular formula is C23H28N6O2. The lowest BCUT2D eigenvalue weighted by atomic mass is 9.93. The Balaban J connectivity index is 1.52. The minimum absolute atomic E-state index is 0.214. The van der Waals surface area contributed by atoms with Gasteiger partial charge in [-0.2, -0.15) is 0 Å². The van der Waals surface area contributed by atoms with E-state index in [2.05, 4.69) is 20.5 Å². The minimum Gasteiger partial charge on any atom is -0.415 e. The Morgan fingerprint density at radius 2 is 1.87 bits per heavy atom. The second kappa shape index (κ2) is 9.34. The van der Waals surface area contributed by atoms with E-state index in [1.165, 1.54) is 5.56 Å². The lowest BCUT2D eigenvalue weighted by Gasteiger charge is -2.31. The van der Waals surface area contributed by atoms with Crippen LogP contribution in [0.25, 0.3) is 23.0 Å². The molecule has 1 amide bonds. The largest absolute Gasteiger partial charge is 0.415 e. The molecule has 0 unspecified atom stereocenters. The summed E-state index contributed by atoms with van der Waals surface area (Å²) >= 11 is 0. The van der Waals surface area contributed by atoms with Crippen molar-refractivity contribution >= 4 is 5.91 Å². The number of nitrogens with zero attached hydrogens (tertiary/aromatic N) is 5. The number of carbonyl (C=O) groups is 1. The fourth-order valence-corrected chi connectivity index (χ4v) is 3.92. The molecule has 1 saturated heterocycles. The normalized spacial score (nSPS) is 14.7. The predicted molar refractivity (Wildman–Crippen MR) is 117 cm³/mol. The molecule has 0 saturated carbocycles. The number of nitrogens with one attached hydrogen (secondary N) is 1. The van der Waals surface area contributed by atoms with Gasteiger partial charge in [-0.3, -0.25) is 9.78 Å². The van der Waals surface area contributed by atoms with E-state index in [-0.39, 0.29) is 11.8 Å². The second-order valence-corrected chi connectivity index (χ2v) is 7.88. The maximum absolute atomic E-state index is 11.9. The molecule has 1 aliphatic heterocycles. The van der Waals surface area contributed by atoms with Gasteiger partial charge in [0, 0.05) is 43.7 Å². The zero-order valence-corrected chi connectivity index (χ0v) is 18.3. The van der Waals surface area contributed by atoms with Crippen LogP contribution < -0.4 is 5.32 Å². The first-order valence-corrected chi connectivity index (χ1v) is 10.8. The number of aromatic nitrogens is 4. The SMILES string of the molecule is CCC(=O)N1CCC(c2cnc(C)c(-c3nnc(-c4ccc(CNC)cc4)o3)n2)CC1. The van der Waals surface area contributed by atoms with Crippen LogP contribution in [0.3, 0.4) is 0 Å². The number of hydrogen-bond donors (Lipinski definition) is 1. The van der Waals surface area contributed by atoms with Crippen LogP contribution in [0.1, 0.15) is 49.1 Å². The van der Waals surface area contributed by atoms with E-state index in [9.17, 15) is 4.79 Å². The van der Waals surface area contributed by atoms with Gasteiger partial charge in [-0.1, -0.05) is 19.1 Å². The summed E-state index contributed by atoms with van der Waals surface area (Å²) in [5.74, 6) is 1.32. The van der Waals surface area contributed by atoms with Crippen molar-refractivity contribution in [3.8, 4) is 23.0 Å². The Hall–Kier alpha value is -3.13. The van der Waals surface area contributed by atoms with Crippen molar-refractivity contribution in [2.75, 3.05) is 20.1 Å². The number of rotatable bonds is 6. The van der Waals surface area contributed by atoms with Crippen molar-refractivity contribution in [3.63, 3.8) is 0 Å². The first-order chi connectivity index (χ1) is 15.1. The number of carbonyl (C=O) groups excluding carboxylic acids is 1. The van der Waals surface area contributed by atoms with Crippen molar-refractivity contribution in [1.29, 1.82) is 0 Å². The van der Waals surface area contributed by atoms with Gasteiger partial charge in [0.2, 0.25) is 11.8 Å². The van der Waals surface area contributed by atoms with Crippen LogP contribution in [0, 0.1) is 6.92 Å². The van der Waals surface area contributed by atoms with Crippen LogP contribution in [0.15, 0.2) is 34.9 Å². The van der Waals surface area contributed by atoms with Crippen molar-refractivity contribution < 1.29 is 9.21 Å². The average Bonchev–Trinajstić information content (AvgIpc) is 3.30. The maximum Gasteiger partial charge on any atom is 0.268 e. The van der Waals surface area contributed by atoms with E-state index in [1.54, 1.807) is 0 Å². The zero-order chi connectivity index (χ0) is 21.8. The van der Waals surface area contributed by atoms with Crippen molar-refractivity contribution in [1.82, 2.24) is 30.4 Å². The van der Waals surface area contributed by atoms with E-state index >= 15 is 0 Å². The number of amides is 1. The molecule has 8 nitrogen and oxygen atoms in total. The Labute approximate surface area is 182 Å². The summed E-state index contributed by atoms with van der Waals surface area (Å²) in [4.78, 5) is 23.2. The molecular weight excluding hydrogens is 392 g/mol. The second-order valence-electron chi connectivity index (χ2n) is 7.88. The topological polar surface area (TPSA) is 97.0 Å². The smallest absolute Gasteiger partial charge is 0.268 e. The monoisotopic (exact) mass is 420 g/mol. The van der Waals surface area contributed by atoms with Crippen LogP contribution in [0.5, 0.6) is 0 Å². The van der Waals surface area contributed by atoms with E-state index in [1.807, 2.05) is 56.3 Å². The van der Waals surface area contributed by atoms with Gasteiger partial charge in [0.05, 0.1) is 11.4 Å². The van der Waals surface area contributed by atoms with E-state index in [0.29, 0.717) is 23.9 Å². The summed E-state index contributed by atoms with van der Waals surface area (Å²) in [5.41, 5.74) is 4.35. The fraction of sp³-hybridized carbons (Fsp3) is 0.435. The third-order valence-electron chi connectivity index (χ3n) is 5.75. The minimum atomic E-state index is 0.214. The highest BCUT2D eigenvalue weighted by atomic mass is 16.4. The fourth-order valence-electron chi connectivity index (χ4n) is 3.92. The third kappa shape index (κ3) is 4.64. The van der Waals surface area contributed by atoms with Gasteiger partial charge in [0.15, 0.2) is 0 Å². The molecule has 0 bridgehead atoms. The number of benzene rings is 1. The highest BCUT2D eigenvalue weighted by Crippen LogP contribution is 2.30. The third-order valence-corrected chi connectivity index (χ3v) is 5.75. The van der Waals surface area contributed by atoms with E-state index < -0.39 is 0 Å². The van der Waals surface area contributed by atoms with Crippen LogP contribution >= 0.6 is 0 Å². The van der Waals surface area contributed by atoms with Gasteiger partial charge in [-0.15, -0.1) is 10.2 Å². The first-order valence-electron chi connectivity index (χ1n) is 10.8. The highest BCUT2D eigenvalue weighted by Gasteiger charge is 2.25. The summed E-state index contributed by atoms with van der Waals surface area (Å²) < 4.78 is 5.95. The molecule has 1 fully saturated rings. The molecule has 31 heavy (non-hydrogen) atoms. The van der Waals surface area contributed by atoms with Crippen LogP contribution in [-0.2, 0) is 11.3 Å². The Morgan fingerprint density at radius 3 is 2.55 bits per heavy atom. The lowest BCUT2D eigenvalue weighted by Crippen LogP contribution is -2.37. The Bertz CT molecular complexity index is 1040. The van der Waals surface area contributed by atoms with Crippen molar-refractivity contribution in [2.45, 2.75) is 45.6 Å². The molecule has 3 heterocycles. The number of piperidine rings is 1. The molecule has 8 heteroatoms. The number of likely N-dealkylation sites (tertiary alicyclic amines) is 1.